The van der Waals surface area contributed by atoms with Crippen molar-refractivity contribution >= 4 is 11.0 Å². The number of ether oxygens (including phenoxy) is 1. The van der Waals surface area contributed by atoms with E-state index in [-0.39, 0.29) is 0 Å². The van der Waals surface area contributed by atoms with E-state index in [2.05, 4.69) is 33.4 Å². The summed E-state index contributed by atoms with van der Waals surface area (Å²) in [7, 11) is 3.70. The number of aromatic nitrogens is 3. The molecule has 0 bridgehead atoms. The van der Waals surface area contributed by atoms with E-state index in [1.54, 1.807) is 7.11 Å². The molecule has 1 aromatic carbocycles. The lowest BCUT2D eigenvalue weighted by atomic mass is 10.1. The summed E-state index contributed by atoms with van der Waals surface area (Å²) in [6.45, 7) is 4.16. The van der Waals surface area contributed by atoms with E-state index in [1.807, 2.05) is 11.7 Å². The molecular formula is C14H20N4O. The lowest BCUT2D eigenvalue weighted by Gasteiger charge is -2.15. The van der Waals surface area contributed by atoms with Gasteiger partial charge >= 0.3 is 0 Å². The van der Waals surface area contributed by atoms with E-state index in [0.29, 0.717) is 5.92 Å². The zero-order valence-corrected chi connectivity index (χ0v) is 11.5. The van der Waals surface area contributed by atoms with Crippen molar-refractivity contribution in [3.05, 3.63) is 23.8 Å². The third-order valence-corrected chi connectivity index (χ3v) is 3.85. The maximum atomic E-state index is 5.24. The number of aryl methyl sites for hydroxylation is 1. The van der Waals surface area contributed by atoms with Crippen LogP contribution in [0.1, 0.15) is 12.0 Å². The number of nitrogens with zero attached hydrogens (tertiary/aromatic N) is 4. The molecule has 1 aliphatic rings. The molecule has 5 nitrogen and oxygen atoms in total. The summed E-state index contributed by atoms with van der Waals surface area (Å²) in [5.74, 6) is 0.685. The normalized spacial score (nSPS) is 20.4. The maximum absolute atomic E-state index is 5.24. The predicted molar refractivity (Wildman–Crippen MR) is 73.8 cm³/mol. The second-order valence-corrected chi connectivity index (χ2v) is 5.38. The third-order valence-electron chi connectivity index (χ3n) is 3.85. The molecule has 19 heavy (non-hydrogen) atoms. The number of hydrogen-bond acceptors (Lipinski definition) is 4. The summed E-state index contributed by atoms with van der Waals surface area (Å²) in [4.78, 5) is 2.49. The summed E-state index contributed by atoms with van der Waals surface area (Å²) in [6.07, 6.45) is 1.24. The zero-order valence-electron chi connectivity index (χ0n) is 11.5. The highest BCUT2D eigenvalue weighted by Gasteiger charge is 2.22. The van der Waals surface area contributed by atoms with Crippen molar-refractivity contribution in [2.75, 3.05) is 26.8 Å². The molecule has 1 saturated heterocycles. The smallest absolute Gasteiger partial charge is 0.113 e. The highest BCUT2D eigenvalue weighted by molar-refractivity contribution is 5.74. The number of rotatable bonds is 4. The van der Waals surface area contributed by atoms with Crippen molar-refractivity contribution in [1.82, 2.24) is 19.9 Å². The quantitative estimate of drug-likeness (QED) is 0.834. The van der Waals surface area contributed by atoms with Gasteiger partial charge < -0.3 is 4.74 Å². The lowest BCUT2D eigenvalue weighted by molar-refractivity contribution is 0.152. The second-order valence-electron chi connectivity index (χ2n) is 5.38. The van der Waals surface area contributed by atoms with Gasteiger partial charge in [0.1, 0.15) is 5.52 Å². The number of fused-ring (bicyclic) bond motifs is 1. The van der Waals surface area contributed by atoms with Gasteiger partial charge in [-0.25, -0.2) is 4.68 Å². The van der Waals surface area contributed by atoms with Crippen molar-refractivity contribution < 1.29 is 4.74 Å². The van der Waals surface area contributed by atoms with Gasteiger partial charge in [0.05, 0.1) is 12.1 Å². The lowest BCUT2D eigenvalue weighted by Crippen LogP contribution is -2.21. The Hall–Kier alpha value is -1.46. The van der Waals surface area contributed by atoms with Crippen LogP contribution in [0.4, 0.5) is 0 Å². The van der Waals surface area contributed by atoms with E-state index in [1.165, 1.54) is 12.0 Å². The van der Waals surface area contributed by atoms with Gasteiger partial charge in [-0.15, -0.1) is 5.10 Å². The molecule has 0 saturated carbocycles. The summed E-state index contributed by atoms with van der Waals surface area (Å²) < 4.78 is 7.05. The highest BCUT2D eigenvalue weighted by Crippen LogP contribution is 2.20. The average molecular weight is 260 g/mol. The molecule has 1 atom stereocenters. The van der Waals surface area contributed by atoms with Crippen LogP contribution in [0.3, 0.4) is 0 Å². The minimum Gasteiger partial charge on any atom is -0.384 e. The first kappa shape index (κ1) is 12.6. The Balaban J connectivity index is 1.68. The predicted octanol–water partition coefficient (Wildman–Crippen LogP) is 1.44. The van der Waals surface area contributed by atoms with Crippen LogP contribution in [-0.2, 0) is 18.3 Å². The van der Waals surface area contributed by atoms with Crippen LogP contribution in [0.25, 0.3) is 11.0 Å². The second kappa shape index (κ2) is 5.27. The van der Waals surface area contributed by atoms with Gasteiger partial charge in [-0.1, -0.05) is 11.3 Å². The van der Waals surface area contributed by atoms with E-state index in [4.69, 9.17) is 4.74 Å². The number of hydrogen-bond donors (Lipinski definition) is 0. The molecule has 2 heterocycles. The summed E-state index contributed by atoms with van der Waals surface area (Å²) >= 11 is 0. The molecule has 3 rings (SSSR count). The molecule has 0 amide bonds. The Labute approximate surface area is 113 Å². The van der Waals surface area contributed by atoms with E-state index in [9.17, 15) is 0 Å². The molecule has 102 valence electrons. The van der Waals surface area contributed by atoms with Crippen molar-refractivity contribution in [1.29, 1.82) is 0 Å². The minimum absolute atomic E-state index is 0.685. The average Bonchev–Trinajstić information content (AvgIpc) is 2.98. The first-order chi connectivity index (χ1) is 9.26. The van der Waals surface area contributed by atoms with Gasteiger partial charge in [0.2, 0.25) is 0 Å². The van der Waals surface area contributed by atoms with Gasteiger partial charge in [-0.2, -0.15) is 0 Å². The van der Waals surface area contributed by atoms with Gasteiger partial charge in [0, 0.05) is 27.2 Å². The molecular weight excluding hydrogens is 240 g/mol. The van der Waals surface area contributed by atoms with Crippen molar-refractivity contribution in [2.45, 2.75) is 13.0 Å². The van der Waals surface area contributed by atoms with Crippen molar-refractivity contribution in [2.24, 2.45) is 13.0 Å². The topological polar surface area (TPSA) is 43.2 Å². The van der Waals surface area contributed by atoms with Crippen LogP contribution in [0.5, 0.6) is 0 Å². The summed E-state index contributed by atoms with van der Waals surface area (Å²) in [5, 5.41) is 8.21. The fraction of sp³-hybridized carbons (Fsp3) is 0.571. The van der Waals surface area contributed by atoms with Crippen LogP contribution in [0.2, 0.25) is 0 Å². The number of benzene rings is 1. The van der Waals surface area contributed by atoms with E-state index >= 15 is 0 Å². The third kappa shape index (κ3) is 2.62. The monoisotopic (exact) mass is 260 g/mol. The van der Waals surface area contributed by atoms with Crippen LogP contribution in [-0.4, -0.2) is 46.7 Å². The molecule has 1 aromatic heterocycles. The first-order valence-electron chi connectivity index (χ1n) is 6.76. The van der Waals surface area contributed by atoms with Gasteiger partial charge in [-0.05, 0) is 36.6 Å². The Bertz CT molecular complexity index is 566. The SMILES string of the molecule is COC[C@H]1CCN(Cc2ccc3c(c2)nnn3C)C1. The van der Waals surface area contributed by atoms with Crippen molar-refractivity contribution in [3.8, 4) is 0 Å². The van der Waals surface area contributed by atoms with E-state index in [0.717, 1.165) is 37.3 Å². The number of likely N-dealkylation sites (tertiary alicyclic amines) is 1. The molecule has 0 radical (unpaired) electrons. The van der Waals surface area contributed by atoms with Crippen LogP contribution >= 0.6 is 0 Å². The molecule has 2 aromatic rings. The molecule has 1 aliphatic heterocycles. The Morgan fingerprint density at radius 3 is 3.16 bits per heavy atom. The number of methoxy groups -OCH3 is 1. The largest absolute Gasteiger partial charge is 0.384 e. The maximum Gasteiger partial charge on any atom is 0.113 e. The standard InChI is InChI=1S/C14H20N4O/c1-17-14-4-3-11(7-13(14)15-16-17)8-18-6-5-12(9-18)10-19-2/h3-4,7,12H,5-6,8-10H2,1-2H3/t12-/m0/s1. The Morgan fingerprint density at radius 1 is 1.42 bits per heavy atom. The van der Waals surface area contributed by atoms with Gasteiger partial charge in [-0.3, -0.25) is 4.90 Å². The van der Waals surface area contributed by atoms with Crippen LogP contribution < -0.4 is 0 Å². The van der Waals surface area contributed by atoms with Crippen LogP contribution in [0.15, 0.2) is 18.2 Å². The Morgan fingerprint density at radius 2 is 2.32 bits per heavy atom. The molecule has 0 spiro atoms. The van der Waals surface area contributed by atoms with E-state index < -0.39 is 0 Å². The highest BCUT2D eigenvalue weighted by atomic mass is 16.5. The molecule has 0 aliphatic carbocycles. The molecule has 1 fully saturated rings. The first-order valence-corrected chi connectivity index (χ1v) is 6.76. The fourth-order valence-electron chi connectivity index (χ4n) is 2.87. The van der Waals surface area contributed by atoms with Gasteiger partial charge in [0.15, 0.2) is 0 Å². The fourth-order valence-corrected chi connectivity index (χ4v) is 2.87. The minimum atomic E-state index is 0.685. The van der Waals surface area contributed by atoms with Gasteiger partial charge in [0.25, 0.3) is 0 Å². The Kier molecular flexibility index (Phi) is 3.48. The van der Waals surface area contributed by atoms with Crippen molar-refractivity contribution in [3.63, 3.8) is 0 Å². The summed E-state index contributed by atoms with van der Waals surface area (Å²) in [5.41, 5.74) is 3.38. The zero-order chi connectivity index (χ0) is 13.2. The summed E-state index contributed by atoms with van der Waals surface area (Å²) in [6, 6.07) is 6.43. The van der Waals surface area contributed by atoms with Crippen LogP contribution in [0, 0.1) is 5.92 Å². The molecule has 0 N–H and O–H groups in total. The molecule has 5 heteroatoms. The molecule has 0 unspecified atom stereocenters.